The van der Waals surface area contributed by atoms with Crippen LogP contribution in [0.5, 0.6) is 0 Å². The quantitative estimate of drug-likeness (QED) is 0.306. The fourth-order valence-electron chi connectivity index (χ4n) is 2.16. The maximum atomic E-state index is 10.0. The van der Waals surface area contributed by atoms with Gasteiger partial charge in [-0.25, -0.2) is 4.98 Å². The number of rotatable bonds is 2. The lowest BCUT2D eigenvalue weighted by Gasteiger charge is -2.22. The summed E-state index contributed by atoms with van der Waals surface area (Å²) >= 11 is 0. The van der Waals surface area contributed by atoms with Crippen molar-refractivity contribution in [3.05, 3.63) is 23.4 Å². The fourth-order valence-corrected chi connectivity index (χ4v) is 2.16. The number of β-amino-alcohol motifs (C(OH)–C–C–N with tert-alkyl or cyclic N) is 1. The molecule has 0 radical (unpaired) electrons. The van der Waals surface area contributed by atoms with Crippen molar-refractivity contribution in [1.29, 1.82) is 0 Å². The van der Waals surface area contributed by atoms with Crippen molar-refractivity contribution < 1.29 is 10.3 Å². The molecule has 1 aromatic heterocycles. The molecule has 98 valence electrons. The molecule has 1 unspecified atom stereocenters. The summed E-state index contributed by atoms with van der Waals surface area (Å²) in [6, 6.07) is 3.59. The molecule has 0 saturated carbocycles. The van der Waals surface area contributed by atoms with Crippen LogP contribution < -0.4 is 10.6 Å². The SMILES string of the molecule is Cc1ccc(/C(N)=N/O)c(N2CCC(C)(O)C2)n1. The smallest absolute Gasteiger partial charge is 0.173 e. The van der Waals surface area contributed by atoms with Gasteiger partial charge in [0.2, 0.25) is 0 Å². The maximum Gasteiger partial charge on any atom is 0.173 e. The number of anilines is 1. The Morgan fingerprint density at radius 2 is 2.28 bits per heavy atom. The van der Waals surface area contributed by atoms with E-state index in [-0.39, 0.29) is 5.84 Å². The number of oxime groups is 1. The fraction of sp³-hybridized carbons (Fsp3) is 0.500. The molecule has 0 amide bonds. The van der Waals surface area contributed by atoms with E-state index >= 15 is 0 Å². The van der Waals surface area contributed by atoms with E-state index in [2.05, 4.69) is 10.1 Å². The van der Waals surface area contributed by atoms with Gasteiger partial charge in [-0.05, 0) is 32.4 Å². The van der Waals surface area contributed by atoms with Gasteiger partial charge in [0.05, 0.1) is 11.2 Å². The molecule has 2 rings (SSSR count). The molecule has 1 aromatic rings. The van der Waals surface area contributed by atoms with Gasteiger partial charge in [-0.3, -0.25) is 0 Å². The Hall–Kier alpha value is -1.82. The summed E-state index contributed by atoms with van der Waals surface area (Å²) in [5.74, 6) is 0.687. The van der Waals surface area contributed by atoms with Gasteiger partial charge in [0.25, 0.3) is 0 Å². The minimum atomic E-state index is -0.714. The molecule has 1 aliphatic heterocycles. The van der Waals surface area contributed by atoms with Crippen molar-refractivity contribution in [3.8, 4) is 0 Å². The number of amidine groups is 1. The molecule has 18 heavy (non-hydrogen) atoms. The second-order valence-corrected chi connectivity index (χ2v) is 4.98. The van der Waals surface area contributed by atoms with Gasteiger partial charge in [0.15, 0.2) is 5.84 Å². The van der Waals surface area contributed by atoms with Crippen LogP contribution in [-0.4, -0.2) is 39.8 Å². The number of aromatic nitrogens is 1. The first-order valence-corrected chi connectivity index (χ1v) is 5.86. The second kappa shape index (κ2) is 4.45. The van der Waals surface area contributed by atoms with Gasteiger partial charge in [-0.15, -0.1) is 0 Å². The van der Waals surface area contributed by atoms with Gasteiger partial charge in [-0.1, -0.05) is 5.16 Å². The van der Waals surface area contributed by atoms with Crippen LogP contribution in [0.2, 0.25) is 0 Å². The molecule has 6 nitrogen and oxygen atoms in total. The molecule has 0 aliphatic carbocycles. The van der Waals surface area contributed by atoms with Gasteiger partial charge in [0, 0.05) is 18.8 Å². The molecule has 0 spiro atoms. The summed E-state index contributed by atoms with van der Waals surface area (Å²) in [4.78, 5) is 6.39. The Kier molecular flexibility index (Phi) is 3.13. The molecule has 6 heteroatoms. The molecule has 4 N–H and O–H groups in total. The van der Waals surface area contributed by atoms with Crippen LogP contribution >= 0.6 is 0 Å². The minimum absolute atomic E-state index is 0.0315. The first-order chi connectivity index (χ1) is 8.43. The van der Waals surface area contributed by atoms with E-state index in [9.17, 15) is 5.11 Å². The van der Waals surface area contributed by atoms with Crippen LogP contribution in [0.15, 0.2) is 17.3 Å². The van der Waals surface area contributed by atoms with Crippen LogP contribution in [-0.2, 0) is 0 Å². The molecule has 1 aliphatic rings. The third-order valence-electron chi connectivity index (χ3n) is 3.15. The number of nitrogens with two attached hydrogens (primary N) is 1. The van der Waals surface area contributed by atoms with Crippen LogP contribution in [0.1, 0.15) is 24.6 Å². The highest BCUT2D eigenvalue weighted by Gasteiger charge is 2.33. The third kappa shape index (κ3) is 2.38. The molecule has 2 heterocycles. The summed E-state index contributed by atoms with van der Waals surface area (Å²) in [5, 5.41) is 21.8. The first-order valence-electron chi connectivity index (χ1n) is 5.86. The van der Waals surface area contributed by atoms with Gasteiger partial charge in [-0.2, -0.15) is 0 Å². The normalized spacial score (nSPS) is 24.6. The zero-order valence-corrected chi connectivity index (χ0v) is 10.6. The molecular weight excluding hydrogens is 232 g/mol. The summed E-state index contributed by atoms with van der Waals surface area (Å²) in [6.45, 7) is 4.88. The lowest BCUT2D eigenvalue weighted by atomic mass is 10.1. The standard InChI is InChI=1S/C12H18N4O2/c1-8-3-4-9(10(13)15-18)11(14-8)16-6-5-12(2,17)7-16/h3-4,17-18H,5-7H2,1-2H3,(H2,13,15). The van der Waals surface area contributed by atoms with E-state index in [1.54, 1.807) is 13.0 Å². The molecule has 1 saturated heterocycles. The van der Waals surface area contributed by atoms with E-state index in [4.69, 9.17) is 10.9 Å². The predicted octanol–water partition coefficient (Wildman–Crippen LogP) is 0.446. The van der Waals surface area contributed by atoms with Crippen LogP contribution in [0, 0.1) is 6.92 Å². The van der Waals surface area contributed by atoms with E-state index in [0.29, 0.717) is 30.9 Å². The zero-order valence-electron chi connectivity index (χ0n) is 10.6. The number of aliphatic hydroxyl groups is 1. The monoisotopic (exact) mass is 250 g/mol. The Morgan fingerprint density at radius 3 is 2.83 bits per heavy atom. The van der Waals surface area contributed by atoms with E-state index < -0.39 is 5.60 Å². The summed E-state index contributed by atoms with van der Waals surface area (Å²) in [6.07, 6.45) is 0.679. The third-order valence-corrected chi connectivity index (χ3v) is 3.15. The van der Waals surface area contributed by atoms with Crippen molar-refractivity contribution >= 4 is 11.7 Å². The predicted molar refractivity (Wildman–Crippen MR) is 68.9 cm³/mol. The summed E-state index contributed by atoms with van der Waals surface area (Å²) in [7, 11) is 0. The number of pyridine rings is 1. The van der Waals surface area contributed by atoms with Gasteiger partial charge in [0.1, 0.15) is 5.82 Å². The largest absolute Gasteiger partial charge is 0.409 e. The Bertz CT molecular complexity index is 485. The van der Waals surface area contributed by atoms with Crippen molar-refractivity contribution in [2.75, 3.05) is 18.0 Å². The van der Waals surface area contributed by atoms with Crippen LogP contribution in [0.3, 0.4) is 0 Å². The lowest BCUT2D eigenvalue weighted by molar-refractivity contribution is 0.0839. The average molecular weight is 250 g/mol. The van der Waals surface area contributed by atoms with Crippen molar-refractivity contribution in [2.24, 2.45) is 10.9 Å². The molecule has 1 atom stereocenters. The Balaban J connectivity index is 2.40. The average Bonchev–Trinajstić information content (AvgIpc) is 2.68. The molecule has 0 bridgehead atoms. The molecular formula is C12H18N4O2. The Morgan fingerprint density at radius 1 is 1.56 bits per heavy atom. The number of nitrogens with zero attached hydrogens (tertiary/aromatic N) is 3. The highest BCUT2D eigenvalue weighted by molar-refractivity contribution is 6.01. The van der Waals surface area contributed by atoms with Gasteiger partial charge < -0.3 is 20.9 Å². The summed E-state index contributed by atoms with van der Waals surface area (Å²) < 4.78 is 0. The Labute approximate surface area is 106 Å². The summed E-state index contributed by atoms with van der Waals surface area (Å²) in [5.41, 5.74) is 6.37. The number of hydrogen-bond donors (Lipinski definition) is 3. The highest BCUT2D eigenvalue weighted by atomic mass is 16.4. The molecule has 1 fully saturated rings. The number of hydrogen-bond acceptors (Lipinski definition) is 5. The number of aryl methyl sites for hydroxylation is 1. The zero-order chi connectivity index (χ0) is 13.3. The second-order valence-electron chi connectivity index (χ2n) is 4.98. The van der Waals surface area contributed by atoms with E-state index in [1.807, 2.05) is 17.9 Å². The van der Waals surface area contributed by atoms with E-state index in [1.165, 1.54) is 0 Å². The molecule has 0 aromatic carbocycles. The lowest BCUT2D eigenvalue weighted by Crippen LogP contribution is -2.31. The van der Waals surface area contributed by atoms with Gasteiger partial charge >= 0.3 is 0 Å². The topological polar surface area (TPSA) is 95.0 Å². The highest BCUT2D eigenvalue weighted by Crippen LogP contribution is 2.27. The van der Waals surface area contributed by atoms with Crippen LogP contribution in [0.4, 0.5) is 5.82 Å². The van der Waals surface area contributed by atoms with Crippen LogP contribution in [0.25, 0.3) is 0 Å². The van der Waals surface area contributed by atoms with Crippen molar-refractivity contribution in [1.82, 2.24) is 4.98 Å². The minimum Gasteiger partial charge on any atom is -0.409 e. The first kappa shape index (κ1) is 12.6. The maximum absolute atomic E-state index is 10.0. The van der Waals surface area contributed by atoms with E-state index in [0.717, 1.165) is 5.69 Å². The van der Waals surface area contributed by atoms with Crippen molar-refractivity contribution in [3.63, 3.8) is 0 Å². The van der Waals surface area contributed by atoms with Crippen molar-refractivity contribution in [2.45, 2.75) is 25.9 Å².